The molecule has 5 heteroatoms. The van der Waals surface area contributed by atoms with Crippen LogP contribution in [-0.2, 0) is 4.74 Å². The molecule has 0 saturated heterocycles. The van der Waals surface area contributed by atoms with Crippen molar-refractivity contribution in [2.75, 3.05) is 6.61 Å². The first kappa shape index (κ1) is 18.6. The molecule has 0 aromatic heterocycles. The highest BCUT2D eigenvalue weighted by molar-refractivity contribution is 5.96. The maximum Gasteiger partial charge on any atom is 0.343 e. The molecule has 0 unspecified atom stereocenters. The van der Waals surface area contributed by atoms with Crippen LogP contribution < -0.4 is 4.74 Å². The van der Waals surface area contributed by atoms with Crippen LogP contribution in [0.2, 0.25) is 0 Å². The Hall–Kier alpha value is -2.69. The Morgan fingerprint density at radius 2 is 1.64 bits per heavy atom. The first-order chi connectivity index (χ1) is 12.1. The van der Waals surface area contributed by atoms with Gasteiger partial charge in [0.1, 0.15) is 0 Å². The smallest absolute Gasteiger partial charge is 0.343 e. The molecule has 0 radical (unpaired) electrons. The summed E-state index contributed by atoms with van der Waals surface area (Å²) in [4.78, 5) is 24.2. The molecule has 25 heavy (non-hydrogen) atoms. The van der Waals surface area contributed by atoms with Gasteiger partial charge in [0.05, 0.1) is 17.7 Å². The molecule has 0 aliphatic heterocycles. The molecule has 2 rings (SSSR count). The molecule has 0 fully saturated rings. The van der Waals surface area contributed by atoms with Crippen molar-refractivity contribution in [1.29, 1.82) is 0 Å². The van der Waals surface area contributed by atoms with E-state index < -0.39 is 17.8 Å². The maximum absolute atomic E-state index is 13.5. The number of ether oxygens (including phenoxy) is 2. The first-order valence-electron chi connectivity index (χ1n) is 8.35. The molecular weight excluding hydrogens is 323 g/mol. The third-order valence-corrected chi connectivity index (χ3v) is 3.60. The number of hydrogen-bond acceptors (Lipinski definition) is 4. The van der Waals surface area contributed by atoms with Crippen molar-refractivity contribution in [3.63, 3.8) is 0 Å². The highest BCUT2D eigenvalue weighted by atomic mass is 19.1. The van der Waals surface area contributed by atoms with Gasteiger partial charge >= 0.3 is 11.9 Å². The Kier molecular flexibility index (Phi) is 7.14. The van der Waals surface area contributed by atoms with E-state index in [1.54, 1.807) is 18.2 Å². The Bertz CT molecular complexity index is 727. The fourth-order valence-electron chi connectivity index (χ4n) is 2.24. The minimum atomic E-state index is -0.734. The molecule has 0 atom stereocenters. The van der Waals surface area contributed by atoms with Gasteiger partial charge in [-0.05, 0) is 36.8 Å². The van der Waals surface area contributed by atoms with Crippen LogP contribution in [0.1, 0.15) is 53.3 Å². The fraction of sp³-hybridized carbons (Fsp3) is 0.300. The van der Waals surface area contributed by atoms with E-state index in [2.05, 4.69) is 6.92 Å². The summed E-state index contributed by atoms with van der Waals surface area (Å²) in [5, 5.41) is 0. The van der Waals surface area contributed by atoms with Crippen molar-refractivity contribution in [2.24, 2.45) is 0 Å². The van der Waals surface area contributed by atoms with E-state index in [1.807, 2.05) is 0 Å². The van der Waals surface area contributed by atoms with Gasteiger partial charge in [-0.15, -0.1) is 0 Å². The summed E-state index contributed by atoms with van der Waals surface area (Å²) < 4.78 is 23.8. The van der Waals surface area contributed by atoms with Crippen LogP contribution in [-0.4, -0.2) is 18.5 Å². The standard InChI is InChI=1S/C20H21FO4/c1-2-3-4-7-13-24-19(22)15-9-8-10-16(14-15)20(23)25-18-12-6-5-11-17(18)21/h5-6,8-12,14H,2-4,7,13H2,1H3. The molecule has 0 bridgehead atoms. The summed E-state index contributed by atoms with van der Waals surface area (Å²) in [5.41, 5.74) is 0.419. The third kappa shape index (κ3) is 5.71. The monoisotopic (exact) mass is 344 g/mol. The van der Waals surface area contributed by atoms with Gasteiger partial charge in [-0.1, -0.05) is 44.4 Å². The molecule has 2 aromatic rings. The molecule has 132 valence electrons. The normalized spacial score (nSPS) is 10.3. The topological polar surface area (TPSA) is 52.6 Å². The van der Waals surface area contributed by atoms with E-state index in [1.165, 1.54) is 30.3 Å². The summed E-state index contributed by atoms with van der Waals surface area (Å²) >= 11 is 0. The summed E-state index contributed by atoms with van der Waals surface area (Å²) in [6.07, 6.45) is 4.04. The van der Waals surface area contributed by atoms with Gasteiger partial charge in [-0.3, -0.25) is 0 Å². The SMILES string of the molecule is CCCCCCOC(=O)c1cccc(C(=O)Oc2ccccc2F)c1. The maximum atomic E-state index is 13.5. The highest BCUT2D eigenvalue weighted by Crippen LogP contribution is 2.18. The Balaban J connectivity index is 1.97. The predicted octanol–water partition coefficient (Wildman–Crippen LogP) is 4.78. The number of esters is 2. The zero-order valence-electron chi connectivity index (χ0n) is 14.2. The number of unbranched alkanes of at least 4 members (excludes halogenated alkanes) is 3. The van der Waals surface area contributed by atoms with Crippen LogP contribution in [0.3, 0.4) is 0 Å². The molecule has 0 spiro atoms. The quantitative estimate of drug-likeness (QED) is 0.393. The number of rotatable bonds is 8. The number of hydrogen-bond donors (Lipinski definition) is 0. The van der Waals surface area contributed by atoms with Gasteiger partial charge in [0.25, 0.3) is 0 Å². The van der Waals surface area contributed by atoms with Crippen molar-refractivity contribution < 1.29 is 23.5 Å². The van der Waals surface area contributed by atoms with Crippen LogP contribution in [0.5, 0.6) is 5.75 Å². The summed E-state index contributed by atoms with van der Waals surface area (Å²) in [6, 6.07) is 11.6. The van der Waals surface area contributed by atoms with Crippen molar-refractivity contribution in [3.05, 3.63) is 65.5 Å². The minimum absolute atomic E-state index is 0.156. The van der Waals surface area contributed by atoms with Crippen LogP contribution in [0.15, 0.2) is 48.5 Å². The summed E-state index contributed by atoms with van der Waals surface area (Å²) in [7, 11) is 0. The average Bonchev–Trinajstić information content (AvgIpc) is 2.63. The number of halogens is 1. The van der Waals surface area contributed by atoms with Gasteiger partial charge in [0.15, 0.2) is 11.6 Å². The Labute approximate surface area is 146 Å². The van der Waals surface area contributed by atoms with E-state index in [4.69, 9.17) is 9.47 Å². The molecule has 4 nitrogen and oxygen atoms in total. The van der Waals surface area contributed by atoms with Crippen LogP contribution >= 0.6 is 0 Å². The second-order valence-electron chi connectivity index (χ2n) is 5.60. The molecule has 0 aliphatic rings. The third-order valence-electron chi connectivity index (χ3n) is 3.60. The van der Waals surface area contributed by atoms with Crippen LogP contribution in [0.4, 0.5) is 4.39 Å². The predicted molar refractivity (Wildman–Crippen MR) is 92.2 cm³/mol. The van der Waals surface area contributed by atoms with E-state index in [0.29, 0.717) is 6.61 Å². The van der Waals surface area contributed by atoms with Gasteiger partial charge in [0, 0.05) is 0 Å². The van der Waals surface area contributed by atoms with Crippen LogP contribution in [0.25, 0.3) is 0 Å². The van der Waals surface area contributed by atoms with Crippen molar-refractivity contribution in [3.8, 4) is 5.75 Å². The summed E-state index contributed by atoms with van der Waals surface area (Å²) in [6.45, 7) is 2.46. The second kappa shape index (κ2) is 9.57. The number of para-hydroxylation sites is 1. The molecule has 0 saturated carbocycles. The van der Waals surface area contributed by atoms with Crippen molar-refractivity contribution >= 4 is 11.9 Å². The van der Waals surface area contributed by atoms with Gasteiger partial charge < -0.3 is 9.47 Å². The number of carbonyl (C=O) groups is 2. The fourth-order valence-corrected chi connectivity index (χ4v) is 2.24. The summed E-state index contributed by atoms with van der Waals surface area (Å²) in [5.74, 6) is -2.00. The van der Waals surface area contributed by atoms with E-state index in [0.717, 1.165) is 25.7 Å². The lowest BCUT2D eigenvalue weighted by Crippen LogP contribution is -2.12. The van der Waals surface area contributed by atoms with Gasteiger partial charge in [-0.2, -0.15) is 0 Å². The zero-order chi connectivity index (χ0) is 18.1. The lowest BCUT2D eigenvalue weighted by atomic mass is 10.1. The largest absolute Gasteiger partial charge is 0.462 e. The van der Waals surface area contributed by atoms with E-state index >= 15 is 0 Å². The Morgan fingerprint density at radius 3 is 2.36 bits per heavy atom. The molecule has 0 aliphatic carbocycles. The Morgan fingerprint density at radius 1 is 0.920 bits per heavy atom. The molecule has 0 heterocycles. The van der Waals surface area contributed by atoms with Crippen LogP contribution in [0, 0.1) is 5.82 Å². The lowest BCUT2D eigenvalue weighted by molar-refractivity contribution is 0.0498. The molecular formula is C20H21FO4. The van der Waals surface area contributed by atoms with Gasteiger partial charge in [-0.25, -0.2) is 14.0 Å². The van der Waals surface area contributed by atoms with Crippen molar-refractivity contribution in [1.82, 2.24) is 0 Å². The second-order valence-corrected chi connectivity index (χ2v) is 5.60. The zero-order valence-corrected chi connectivity index (χ0v) is 14.2. The molecule has 0 N–H and O–H groups in total. The number of carbonyl (C=O) groups excluding carboxylic acids is 2. The minimum Gasteiger partial charge on any atom is -0.462 e. The van der Waals surface area contributed by atoms with E-state index in [-0.39, 0.29) is 16.9 Å². The highest BCUT2D eigenvalue weighted by Gasteiger charge is 2.14. The number of benzene rings is 2. The average molecular weight is 344 g/mol. The molecule has 2 aromatic carbocycles. The van der Waals surface area contributed by atoms with Crippen molar-refractivity contribution in [2.45, 2.75) is 32.6 Å². The first-order valence-corrected chi connectivity index (χ1v) is 8.35. The lowest BCUT2D eigenvalue weighted by Gasteiger charge is -2.07. The van der Waals surface area contributed by atoms with E-state index in [9.17, 15) is 14.0 Å². The van der Waals surface area contributed by atoms with Gasteiger partial charge in [0.2, 0.25) is 0 Å². The molecule has 0 amide bonds.